The zero-order chi connectivity index (χ0) is 17.1. The van der Waals surface area contributed by atoms with Crippen LogP contribution in [-0.4, -0.2) is 23.9 Å². The number of halogens is 1. The van der Waals surface area contributed by atoms with E-state index in [-0.39, 0.29) is 5.91 Å². The zero-order valence-corrected chi connectivity index (χ0v) is 15.0. The van der Waals surface area contributed by atoms with Crippen molar-refractivity contribution in [3.8, 4) is 0 Å². The summed E-state index contributed by atoms with van der Waals surface area (Å²) in [4.78, 5) is 13.7. The second-order valence-electron chi connectivity index (χ2n) is 6.46. The van der Waals surface area contributed by atoms with Crippen molar-refractivity contribution in [2.45, 2.75) is 33.2 Å². The minimum absolute atomic E-state index is 0.0238. The first kappa shape index (κ1) is 17.0. The van der Waals surface area contributed by atoms with Gasteiger partial charge in [-0.25, -0.2) is 0 Å². The molecule has 3 rings (SSSR count). The third-order valence-electron chi connectivity index (χ3n) is 4.70. The summed E-state index contributed by atoms with van der Waals surface area (Å²) in [5.41, 5.74) is 6.12. The van der Waals surface area contributed by atoms with Gasteiger partial charge < -0.3 is 5.32 Å². The van der Waals surface area contributed by atoms with Gasteiger partial charge in [0, 0.05) is 37.3 Å². The van der Waals surface area contributed by atoms with Crippen LogP contribution in [0.1, 0.15) is 29.2 Å². The molecule has 1 heterocycles. The van der Waals surface area contributed by atoms with Crippen LogP contribution in [0.2, 0.25) is 5.02 Å². The predicted molar refractivity (Wildman–Crippen MR) is 99.6 cm³/mol. The Morgan fingerprint density at radius 1 is 1.25 bits per heavy atom. The van der Waals surface area contributed by atoms with Crippen LogP contribution in [0.15, 0.2) is 36.4 Å². The number of benzene rings is 2. The number of carbonyl (C=O) groups excluding carboxylic acids is 1. The number of hydrogen-bond acceptors (Lipinski definition) is 2. The summed E-state index contributed by atoms with van der Waals surface area (Å²) in [6.45, 7) is 6.69. The maximum Gasteiger partial charge on any atom is 0.221 e. The predicted octanol–water partition coefficient (Wildman–Crippen LogP) is 4.21. The van der Waals surface area contributed by atoms with E-state index < -0.39 is 0 Å². The van der Waals surface area contributed by atoms with Crippen molar-refractivity contribution in [2.75, 3.05) is 18.4 Å². The van der Waals surface area contributed by atoms with E-state index in [9.17, 15) is 4.79 Å². The van der Waals surface area contributed by atoms with Gasteiger partial charge in [-0.3, -0.25) is 9.69 Å². The molecule has 0 aromatic heterocycles. The quantitative estimate of drug-likeness (QED) is 0.902. The standard InChI is InChI=1S/C20H23ClN2O/c1-14-16(4-3-5-20(14)21)8-10-23-11-9-17-12-19(22-15(2)24)7-6-18(17)13-23/h3-7,12H,8-11,13H2,1-2H3,(H,22,24). The van der Waals surface area contributed by atoms with E-state index in [2.05, 4.69) is 35.3 Å². The molecule has 1 N–H and O–H groups in total. The molecule has 0 radical (unpaired) electrons. The van der Waals surface area contributed by atoms with Crippen molar-refractivity contribution in [3.05, 3.63) is 63.7 Å². The number of nitrogens with zero attached hydrogens (tertiary/aromatic N) is 1. The highest BCUT2D eigenvalue weighted by Crippen LogP contribution is 2.24. The van der Waals surface area contributed by atoms with Crippen LogP contribution in [0, 0.1) is 6.92 Å². The zero-order valence-electron chi connectivity index (χ0n) is 14.2. The second-order valence-corrected chi connectivity index (χ2v) is 6.87. The molecule has 2 aromatic rings. The van der Waals surface area contributed by atoms with Gasteiger partial charge in [0.2, 0.25) is 5.91 Å². The van der Waals surface area contributed by atoms with E-state index >= 15 is 0 Å². The molecule has 0 unspecified atom stereocenters. The Labute approximate surface area is 148 Å². The average Bonchev–Trinajstić information content (AvgIpc) is 2.55. The number of nitrogens with one attached hydrogen (secondary N) is 1. The number of amides is 1. The molecular formula is C20H23ClN2O. The number of anilines is 1. The van der Waals surface area contributed by atoms with Crippen LogP contribution < -0.4 is 5.32 Å². The van der Waals surface area contributed by atoms with Crippen molar-refractivity contribution in [1.29, 1.82) is 0 Å². The average molecular weight is 343 g/mol. The summed E-state index contributed by atoms with van der Waals surface area (Å²) in [7, 11) is 0. The lowest BCUT2D eigenvalue weighted by atomic mass is 9.98. The molecule has 3 nitrogen and oxygen atoms in total. The SMILES string of the molecule is CC(=O)Nc1ccc2c(c1)CCN(CCc1cccc(Cl)c1C)C2. The van der Waals surface area contributed by atoms with Crippen LogP contribution in [0.5, 0.6) is 0 Å². The Balaban J connectivity index is 1.63. The highest BCUT2D eigenvalue weighted by atomic mass is 35.5. The van der Waals surface area contributed by atoms with E-state index in [0.717, 1.165) is 43.2 Å². The molecule has 2 aromatic carbocycles. The highest BCUT2D eigenvalue weighted by molar-refractivity contribution is 6.31. The number of rotatable bonds is 4. The molecule has 0 saturated carbocycles. The lowest BCUT2D eigenvalue weighted by Gasteiger charge is -2.29. The molecule has 0 spiro atoms. The molecule has 126 valence electrons. The van der Waals surface area contributed by atoms with E-state index in [1.165, 1.54) is 22.3 Å². The number of fused-ring (bicyclic) bond motifs is 1. The smallest absolute Gasteiger partial charge is 0.221 e. The summed E-state index contributed by atoms with van der Waals surface area (Å²) in [5.74, 6) is -0.0238. The lowest BCUT2D eigenvalue weighted by Crippen LogP contribution is -2.32. The third kappa shape index (κ3) is 3.97. The maximum atomic E-state index is 11.2. The second kappa shape index (κ2) is 7.37. The van der Waals surface area contributed by atoms with Crippen LogP contribution in [0.25, 0.3) is 0 Å². The third-order valence-corrected chi connectivity index (χ3v) is 5.10. The Bertz CT molecular complexity index is 757. The van der Waals surface area contributed by atoms with Gasteiger partial charge in [0.1, 0.15) is 0 Å². The minimum Gasteiger partial charge on any atom is -0.326 e. The molecule has 0 bridgehead atoms. The summed E-state index contributed by atoms with van der Waals surface area (Å²) >= 11 is 6.21. The first-order valence-electron chi connectivity index (χ1n) is 8.38. The fraction of sp³-hybridized carbons (Fsp3) is 0.350. The summed E-state index contributed by atoms with van der Waals surface area (Å²) in [6, 6.07) is 12.4. The minimum atomic E-state index is -0.0238. The Morgan fingerprint density at radius 2 is 2.08 bits per heavy atom. The Hall–Kier alpha value is -1.84. The summed E-state index contributed by atoms with van der Waals surface area (Å²) in [6.07, 6.45) is 2.04. The van der Waals surface area contributed by atoms with Crippen molar-refractivity contribution in [1.82, 2.24) is 4.90 Å². The molecular weight excluding hydrogens is 320 g/mol. The fourth-order valence-corrected chi connectivity index (χ4v) is 3.48. The van der Waals surface area contributed by atoms with Gasteiger partial charge in [0.25, 0.3) is 0 Å². The van der Waals surface area contributed by atoms with E-state index in [4.69, 9.17) is 11.6 Å². The van der Waals surface area contributed by atoms with Crippen molar-refractivity contribution < 1.29 is 4.79 Å². The van der Waals surface area contributed by atoms with Gasteiger partial charge in [-0.1, -0.05) is 29.8 Å². The molecule has 1 aliphatic rings. The van der Waals surface area contributed by atoms with Crippen LogP contribution in [-0.2, 0) is 24.2 Å². The van der Waals surface area contributed by atoms with Gasteiger partial charge in [-0.05, 0) is 60.2 Å². The van der Waals surface area contributed by atoms with Gasteiger partial charge in [0.05, 0.1) is 0 Å². The molecule has 0 aliphatic carbocycles. The largest absolute Gasteiger partial charge is 0.326 e. The molecule has 1 aliphatic heterocycles. The molecule has 4 heteroatoms. The summed E-state index contributed by atoms with van der Waals surface area (Å²) < 4.78 is 0. The van der Waals surface area contributed by atoms with Crippen molar-refractivity contribution in [3.63, 3.8) is 0 Å². The van der Waals surface area contributed by atoms with Crippen molar-refractivity contribution >= 4 is 23.2 Å². The summed E-state index contributed by atoms with van der Waals surface area (Å²) in [5, 5.41) is 3.71. The Morgan fingerprint density at radius 3 is 2.88 bits per heavy atom. The monoisotopic (exact) mass is 342 g/mol. The van der Waals surface area contributed by atoms with E-state index in [0.29, 0.717) is 0 Å². The van der Waals surface area contributed by atoms with Crippen molar-refractivity contribution in [2.24, 2.45) is 0 Å². The van der Waals surface area contributed by atoms with Gasteiger partial charge in [-0.15, -0.1) is 0 Å². The molecule has 0 saturated heterocycles. The van der Waals surface area contributed by atoms with E-state index in [1.54, 1.807) is 6.92 Å². The van der Waals surface area contributed by atoms with Crippen LogP contribution >= 0.6 is 11.6 Å². The number of hydrogen-bond donors (Lipinski definition) is 1. The van der Waals surface area contributed by atoms with Gasteiger partial charge in [0.15, 0.2) is 0 Å². The maximum absolute atomic E-state index is 11.2. The first-order chi connectivity index (χ1) is 11.5. The van der Waals surface area contributed by atoms with E-state index in [1.807, 2.05) is 18.2 Å². The molecule has 0 atom stereocenters. The lowest BCUT2D eigenvalue weighted by molar-refractivity contribution is -0.114. The molecule has 0 fully saturated rings. The molecule has 24 heavy (non-hydrogen) atoms. The van der Waals surface area contributed by atoms with Gasteiger partial charge >= 0.3 is 0 Å². The first-order valence-corrected chi connectivity index (χ1v) is 8.76. The molecule has 1 amide bonds. The van der Waals surface area contributed by atoms with Gasteiger partial charge in [-0.2, -0.15) is 0 Å². The normalized spacial score (nSPS) is 14.3. The number of carbonyl (C=O) groups is 1. The topological polar surface area (TPSA) is 32.3 Å². The van der Waals surface area contributed by atoms with Crippen LogP contribution in [0.3, 0.4) is 0 Å². The van der Waals surface area contributed by atoms with Crippen LogP contribution in [0.4, 0.5) is 5.69 Å². The fourth-order valence-electron chi connectivity index (χ4n) is 3.28. The highest BCUT2D eigenvalue weighted by Gasteiger charge is 2.17. The Kier molecular flexibility index (Phi) is 5.22.